The Bertz CT molecular complexity index is 658. The summed E-state index contributed by atoms with van der Waals surface area (Å²) in [5, 5.41) is 15.1. The Morgan fingerprint density at radius 2 is 2.17 bits per heavy atom. The van der Waals surface area contributed by atoms with Gasteiger partial charge in [-0.15, -0.1) is 10.2 Å². The highest BCUT2D eigenvalue weighted by molar-refractivity contribution is 5.75. The molecule has 2 aromatic rings. The Balaban J connectivity index is 1.46. The van der Waals surface area contributed by atoms with E-state index in [1.54, 1.807) is 0 Å². The number of ether oxygens (including phenoxy) is 1. The molecule has 0 radical (unpaired) electrons. The van der Waals surface area contributed by atoms with Crippen LogP contribution < -0.4 is 10.1 Å². The van der Waals surface area contributed by atoms with Crippen LogP contribution in [0.3, 0.4) is 0 Å². The Kier molecular flexibility index (Phi) is 5.40. The molecule has 0 aliphatic heterocycles. The summed E-state index contributed by atoms with van der Waals surface area (Å²) in [5.74, 6) is 1.81. The Morgan fingerprint density at radius 1 is 1.33 bits per heavy atom. The lowest BCUT2D eigenvalue weighted by atomic mass is 9.87. The van der Waals surface area contributed by atoms with Gasteiger partial charge < -0.3 is 10.1 Å². The molecule has 128 valence electrons. The highest BCUT2D eigenvalue weighted by Gasteiger charge is 2.20. The summed E-state index contributed by atoms with van der Waals surface area (Å²) in [6, 6.07) is 9.72. The highest BCUT2D eigenvalue weighted by atomic mass is 16.5. The third kappa shape index (κ3) is 4.78. The molecule has 1 saturated carbocycles. The fraction of sp³-hybridized carbons (Fsp3) is 0.529. The number of amides is 1. The van der Waals surface area contributed by atoms with Gasteiger partial charge in [0.25, 0.3) is 0 Å². The molecule has 7 heteroatoms. The summed E-state index contributed by atoms with van der Waals surface area (Å²) in [6.07, 6.45) is 4.53. The first kappa shape index (κ1) is 16.4. The van der Waals surface area contributed by atoms with E-state index in [-0.39, 0.29) is 25.1 Å². The van der Waals surface area contributed by atoms with Crippen molar-refractivity contribution < 1.29 is 9.53 Å². The van der Waals surface area contributed by atoms with E-state index >= 15 is 0 Å². The normalized spacial score (nSPS) is 20.5. The zero-order valence-corrected chi connectivity index (χ0v) is 13.9. The van der Waals surface area contributed by atoms with Crippen molar-refractivity contribution in [1.29, 1.82) is 0 Å². The topological polar surface area (TPSA) is 81.9 Å². The summed E-state index contributed by atoms with van der Waals surface area (Å²) < 4.78 is 5.56. The van der Waals surface area contributed by atoms with Gasteiger partial charge in [-0.05, 0) is 36.1 Å². The van der Waals surface area contributed by atoms with Crippen LogP contribution in [-0.2, 0) is 17.9 Å². The first-order valence-corrected chi connectivity index (χ1v) is 8.43. The van der Waals surface area contributed by atoms with Gasteiger partial charge in [0.2, 0.25) is 11.7 Å². The number of carbonyl (C=O) groups is 1. The van der Waals surface area contributed by atoms with Crippen molar-refractivity contribution in [2.24, 2.45) is 5.92 Å². The number of benzene rings is 1. The van der Waals surface area contributed by atoms with Crippen LogP contribution in [0.2, 0.25) is 0 Å². The van der Waals surface area contributed by atoms with Crippen LogP contribution in [-0.4, -0.2) is 32.2 Å². The van der Waals surface area contributed by atoms with Crippen LogP contribution >= 0.6 is 0 Å². The quantitative estimate of drug-likeness (QED) is 0.876. The minimum atomic E-state index is -0.0676. The molecule has 1 heterocycles. The molecule has 0 bridgehead atoms. The van der Waals surface area contributed by atoms with Crippen molar-refractivity contribution in [3.63, 3.8) is 0 Å². The van der Waals surface area contributed by atoms with Gasteiger partial charge in [-0.1, -0.05) is 38.0 Å². The van der Waals surface area contributed by atoms with E-state index in [0.29, 0.717) is 11.7 Å². The first-order valence-electron chi connectivity index (χ1n) is 8.43. The Labute approximate surface area is 141 Å². The molecule has 1 fully saturated rings. The van der Waals surface area contributed by atoms with Crippen LogP contribution in [0, 0.1) is 5.92 Å². The zero-order valence-electron chi connectivity index (χ0n) is 13.9. The maximum absolute atomic E-state index is 12.1. The molecule has 2 atom stereocenters. The van der Waals surface area contributed by atoms with Crippen molar-refractivity contribution in [2.45, 2.75) is 51.8 Å². The predicted octanol–water partition coefficient (Wildman–Crippen LogP) is 1.95. The molecule has 1 aliphatic rings. The van der Waals surface area contributed by atoms with E-state index in [2.05, 4.69) is 27.7 Å². The number of para-hydroxylation sites is 1. The van der Waals surface area contributed by atoms with Crippen molar-refractivity contribution in [2.75, 3.05) is 0 Å². The Morgan fingerprint density at radius 3 is 2.96 bits per heavy atom. The van der Waals surface area contributed by atoms with Crippen LogP contribution in [0.25, 0.3) is 0 Å². The lowest BCUT2D eigenvalue weighted by Gasteiger charge is -2.27. The minimum Gasteiger partial charge on any atom is -0.485 e. The molecule has 1 aromatic carbocycles. The van der Waals surface area contributed by atoms with Crippen molar-refractivity contribution in [1.82, 2.24) is 25.5 Å². The zero-order chi connectivity index (χ0) is 16.8. The lowest BCUT2D eigenvalue weighted by Crippen LogP contribution is -2.40. The number of carbonyl (C=O) groups excluding carboxylic acids is 1. The molecule has 0 saturated heterocycles. The van der Waals surface area contributed by atoms with E-state index in [4.69, 9.17) is 4.74 Å². The molecule has 0 unspecified atom stereocenters. The molecule has 7 nitrogen and oxygen atoms in total. The highest BCUT2D eigenvalue weighted by Crippen LogP contribution is 2.23. The average molecular weight is 329 g/mol. The summed E-state index contributed by atoms with van der Waals surface area (Å²) in [5.41, 5.74) is 0. The number of hydrogen-bond acceptors (Lipinski definition) is 5. The standard InChI is InChI=1S/C17H23N5O2/c1-13-6-5-7-14(10-13)18-17(23)11-22-20-16(19-21-22)12-24-15-8-3-2-4-9-15/h2-4,8-9,13-14H,5-7,10-12H2,1H3,(H,18,23)/t13-,14+/m0/s1. The number of tetrazole rings is 1. The summed E-state index contributed by atoms with van der Waals surface area (Å²) in [6.45, 7) is 2.55. The van der Waals surface area contributed by atoms with Crippen LogP contribution in [0.1, 0.15) is 38.4 Å². The number of rotatable bonds is 6. The van der Waals surface area contributed by atoms with Crippen LogP contribution in [0.15, 0.2) is 30.3 Å². The van der Waals surface area contributed by atoms with E-state index in [0.717, 1.165) is 18.6 Å². The van der Waals surface area contributed by atoms with Gasteiger partial charge in [0, 0.05) is 6.04 Å². The Hall–Kier alpha value is -2.44. The number of nitrogens with one attached hydrogen (secondary N) is 1. The van der Waals surface area contributed by atoms with E-state index in [9.17, 15) is 4.79 Å². The fourth-order valence-electron chi connectivity index (χ4n) is 3.03. The molecule has 1 aliphatic carbocycles. The van der Waals surface area contributed by atoms with Crippen molar-refractivity contribution in [3.8, 4) is 5.75 Å². The van der Waals surface area contributed by atoms with Crippen LogP contribution in [0.5, 0.6) is 5.75 Å². The van der Waals surface area contributed by atoms with Gasteiger partial charge in [0.05, 0.1) is 0 Å². The second kappa shape index (κ2) is 7.90. The molecular formula is C17H23N5O2. The molecular weight excluding hydrogens is 306 g/mol. The summed E-state index contributed by atoms with van der Waals surface area (Å²) >= 11 is 0. The summed E-state index contributed by atoms with van der Waals surface area (Å²) in [7, 11) is 0. The average Bonchev–Trinajstić information content (AvgIpc) is 3.01. The third-order valence-corrected chi connectivity index (χ3v) is 4.19. The minimum absolute atomic E-state index is 0.0676. The van der Waals surface area contributed by atoms with Crippen LogP contribution in [0.4, 0.5) is 0 Å². The smallest absolute Gasteiger partial charge is 0.243 e. The fourth-order valence-corrected chi connectivity index (χ4v) is 3.03. The first-order chi connectivity index (χ1) is 11.7. The van der Waals surface area contributed by atoms with E-state index < -0.39 is 0 Å². The van der Waals surface area contributed by atoms with Gasteiger partial charge in [0.15, 0.2) is 6.61 Å². The molecule has 1 aromatic heterocycles. The maximum atomic E-state index is 12.1. The van der Waals surface area contributed by atoms with Crippen molar-refractivity contribution in [3.05, 3.63) is 36.2 Å². The van der Waals surface area contributed by atoms with E-state index in [1.165, 1.54) is 17.6 Å². The number of hydrogen-bond donors (Lipinski definition) is 1. The second-order valence-corrected chi connectivity index (χ2v) is 6.37. The molecule has 1 amide bonds. The number of aromatic nitrogens is 4. The molecule has 3 rings (SSSR count). The monoisotopic (exact) mass is 329 g/mol. The lowest BCUT2D eigenvalue weighted by molar-refractivity contribution is -0.123. The predicted molar refractivity (Wildman–Crippen MR) is 88.2 cm³/mol. The van der Waals surface area contributed by atoms with Gasteiger partial charge in [-0.3, -0.25) is 4.79 Å². The maximum Gasteiger partial charge on any atom is 0.243 e. The van der Waals surface area contributed by atoms with Gasteiger partial charge in [-0.25, -0.2) is 0 Å². The second-order valence-electron chi connectivity index (χ2n) is 6.37. The molecule has 1 N–H and O–H groups in total. The third-order valence-electron chi connectivity index (χ3n) is 4.19. The molecule has 24 heavy (non-hydrogen) atoms. The number of nitrogens with zero attached hydrogens (tertiary/aromatic N) is 4. The summed E-state index contributed by atoms with van der Waals surface area (Å²) in [4.78, 5) is 13.4. The van der Waals surface area contributed by atoms with Gasteiger partial charge >= 0.3 is 0 Å². The van der Waals surface area contributed by atoms with Crippen molar-refractivity contribution >= 4 is 5.91 Å². The largest absolute Gasteiger partial charge is 0.485 e. The SMILES string of the molecule is C[C@H]1CCC[C@@H](NC(=O)Cn2nnc(COc3ccccc3)n2)C1. The molecule has 0 spiro atoms. The van der Waals surface area contributed by atoms with Gasteiger partial charge in [0.1, 0.15) is 12.3 Å². The van der Waals surface area contributed by atoms with Gasteiger partial charge in [-0.2, -0.15) is 4.80 Å². The van der Waals surface area contributed by atoms with E-state index in [1.807, 2.05) is 30.3 Å².